The van der Waals surface area contributed by atoms with Crippen LogP contribution in [-0.4, -0.2) is 11.5 Å². The lowest BCUT2D eigenvalue weighted by atomic mass is 9.99. The maximum absolute atomic E-state index is 4.06. The van der Waals surface area contributed by atoms with Crippen molar-refractivity contribution in [2.24, 2.45) is 0 Å². The first-order valence-corrected chi connectivity index (χ1v) is 6.97. The fraction of sp³-hybridized carbons (Fsp3) is 0.267. The van der Waals surface area contributed by atoms with Crippen molar-refractivity contribution in [1.82, 2.24) is 10.3 Å². The average Bonchev–Trinajstić information content (AvgIpc) is 2.40. The van der Waals surface area contributed by atoms with E-state index in [1.807, 2.05) is 18.5 Å². The van der Waals surface area contributed by atoms with Gasteiger partial charge in [-0.3, -0.25) is 4.98 Å². The Morgan fingerprint density at radius 1 is 1.17 bits per heavy atom. The van der Waals surface area contributed by atoms with E-state index in [0.717, 1.165) is 17.4 Å². The Morgan fingerprint density at radius 3 is 2.56 bits per heavy atom. The average molecular weight is 305 g/mol. The SMILES string of the molecule is CCNC(Cc1ccncc1)c1ccccc1Br. The fourth-order valence-electron chi connectivity index (χ4n) is 2.05. The van der Waals surface area contributed by atoms with Crippen molar-refractivity contribution in [1.29, 1.82) is 0 Å². The highest BCUT2D eigenvalue weighted by molar-refractivity contribution is 9.10. The number of likely N-dealkylation sites (N-methyl/N-ethyl adjacent to an activating group) is 1. The molecule has 1 aromatic carbocycles. The van der Waals surface area contributed by atoms with Gasteiger partial charge >= 0.3 is 0 Å². The van der Waals surface area contributed by atoms with E-state index in [0.29, 0.717) is 6.04 Å². The number of pyridine rings is 1. The lowest BCUT2D eigenvalue weighted by Crippen LogP contribution is -2.23. The number of nitrogens with zero attached hydrogens (tertiary/aromatic N) is 1. The molecule has 3 heteroatoms. The Kier molecular flexibility index (Phi) is 4.90. The number of aromatic nitrogens is 1. The second-order valence-corrected chi connectivity index (χ2v) is 5.05. The summed E-state index contributed by atoms with van der Waals surface area (Å²) in [5, 5.41) is 3.54. The molecule has 1 heterocycles. The molecule has 0 saturated carbocycles. The standard InChI is InChI=1S/C15H17BrN2/c1-2-18-15(11-12-7-9-17-10-8-12)13-5-3-4-6-14(13)16/h3-10,15,18H,2,11H2,1H3. The number of rotatable bonds is 5. The number of nitrogens with one attached hydrogen (secondary N) is 1. The van der Waals surface area contributed by atoms with Crippen LogP contribution >= 0.6 is 15.9 Å². The van der Waals surface area contributed by atoms with Gasteiger partial charge in [0.05, 0.1) is 0 Å². The van der Waals surface area contributed by atoms with Gasteiger partial charge in [0.15, 0.2) is 0 Å². The van der Waals surface area contributed by atoms with Crippen molar-refractivity contribution in [3.8, 4) is 0 Å². The normalized spacial score (nSPS) is 12.3. The monoisotopic (exact) mass is 304 g/mol. The van der Waals surface area contributed by atoms with Crippen molar-refractivity contribution in [2.75, 3.05) is 6.54 Å². The van der Waals surface area contributed by atoms with Crippen LogP contribution in [0.1, 0.15) is 24.1 Å². The first-order chi connectivity index (χ1) is 8.81. The number of benzene rings is 1. The molecule has 0 amide bonds. The summed E-state index contributed by atoms with van der Waals surface area (Å²) in [4.78, 5) is 4.06. The third-order valence-electron chi connectivity index (χ3n) is 2.92. The molecular weight excluding hydrogens is 288 g/mol. The van der Waals surface area contributed by atoms with E-state index in [2.05, 4.69) is 63.5 Å². The molecule has 0 aliphatic carbocycles. The van der Waals surface area contributed by atoms with Gasteiger partial charge in [0.25, 0.3) is 0 Å². The molecule has 1 aromatic heterocycles. The second-order valence-electron chi connectivity index (χ2n) is 4.19. The minimum absolute atomic E-state index is 0.327. The van der Waals surface area contributed by atoms with E-state index >= 15 is 0 Å². The van der Waals surface area contributed by atoms with Crippen LogP contribution in [0.2, 0.25) is 0 Å². The molecule has 2 rings (SSSR count). The van der Waals surface area contributed by atoms with Crippen LogP contribution in [0, 0.1) is 0 Å². The summed E-state index contributed by atoms with van der Waals surface area (Å²) < 4.78 is 1.16. The molecule has 2 aromatic rings. The van der Waals surface area contributed by atoms with Crippen LogP contribution in [-0.2, 0) is 6.42 Å². The van der Waals surface area contributed by atoms with Crippen LogP contribution in [0.4, 0.5) is 0 Å². The zero-order chi connectivity index (χ0) is 12.8. The van der Waals surface area contributed by atoms with Gasteiger partial charge in [0.1, 0.15) is 0 Å². The molecule has 94 valence electrons. The van der Waals surface area contributed by atoms with E-state index in [1.54, 1.807) is 0 Å². The van der Waals surface area contributed by atoms with Gasteiger partial charge in [-0.25, -0.2) is 0 Å². The molecule has 0 fully saturated rings. The minimum atomic E-state index is 0.327. The first-order valence-electron chi connectivity index (χ1n) is 6.18. The lowest BCUT2D eigenvalue weighted by Gasteiger charge is -2.19. The molecule has 0 radical (unpaired) electrons. The Balaban J connectivity index is 2.21. The maximum Gasteiger partial charge on any atom is 0.0372 e. The Hall–Kier alpha value is -1.19. The van der Waals surface area contributed by atoms with Gasteiger partial charge < -0.3 is 5.32 Å². The highest BCUT2D eigenvalue weighted by Gasteiger charge is 2.13. The predicted octanol–water partition coefficient (Wildman–Crippen LogP) is 3.74. The molecule has 1 unspecified atom stereocenters. The van der Waals surface area contributed by atoms with Crippen molar-refractivity contribution < 1.29 is 0 Å². The molecule has 0 aliphatic heterocycles. The quantitative estimate of drug-likeness (QED) is 0.910. The van der Waals surface area contributed by atoms with Crippen LogP contribution in [0.3, 0.4) is 0 Å². The van der Waals surface area contributed by atoms with Gasteiger partial charge in [-0.05, 0) is 42.3 Å². The molecule has 0 bridgehead atoms. The van der Waals surface area contributed by atoms with Crippen LogP contribution < -0.4 is 5.32 Å². The van der Waals surface area contributed by atoms with E-state index in [1.165, 1.54) is 11.1 Å². The van der Waals surface area contributed by atoms with Gasteiger partial charge in [-0.15, -0.1) is 0 Å². The topological polar surface area (TPSA) is 24.9 Å². The Morgan fingerprint density at radius 2 is 1.89 bits per heavy atom. The zero-order valence-corrected chi connectivity index (χ0v) is 12.0. The summed E-state index contributed by atoms with van der Waals surface area (Å²) in [6, 6.07) is 12.8. The Labute approximate surface area is 117 Å². The lowest BCUT2D eigenvalue weighted by molar-refractivity contribution is 0.548. The summed E-state index contributed by atoms with van der Waals surface area (Å²) in [5.74, 6) is 0. The molecular formula is C15H17BrN2. The van der Waals surface area contributed by atoms with Crippen molar-refractivity contribution in [2.45, 2.75) is 19.4 Å². The molecule has 1 N–H and O–H groups in total. The number of halogens is 1. The van der Waals surface area contributed by atoms with Crippen LogP contribution in [0.5, 0.6) is 0 Å². The maximum atomic E-state index is 4.06. The van der Waals surface area contributed by atoms with Crippen LogP contribution in [0.15, 0.2) is 53.3 Å². The predicted molar refractivity (Wildman–Crippen MR) is 78.5 cm³/mol. The van der Waals surface area contributed by atoms with E-state index in [4.69, 9.17) is 0 Å². The third kappa shape index (κ3) is 3.40. The Bertz CT molecular complexity index is 485. The molecule has 0 saturated heterocycles. The van der Waals surface area contributed by atoms with E-state index in [9.17, 15) is 0 Å². The van der Waals surface area contributed by atoms with Crippen molar-refractivity contribution in [3.05, 3.63) is 64.4 Å². The van der Waals surface area contributed by atoms with Gasteiger partial charge in [0.2, 0.25) is 0 Å². The fourth-order valence-corrected chi connectivity index (χ4v) is 2.61. The summed E-state index contributed by atoms with van der Waals surface area (Å²) in [7, 11) is 0. The molecule has 0 spiro atoms. The van der Waals surface area contributed by atoms with Gasteiger partial charge in [0, 0.05) is 22.9 Å². The largest absolute Gasteiger partial charge is 0.310 e. The zero-order valence-electron chi connectivity index (χ0n) is 10.4. The number of hydrogen-bond acceptors (Lipinski definition) is 2. The molecule has 2 nitrogen and oxygen atoms in total. The number of hydrogen-bond donors (Lipinski definition) is 1. The molecule has 18 heavy (non-hydrogen) atoms. The highest BCUT2D eigenvalue weighted by atomic mass is 79.9. The summed E-state index contributed by atoms with van der Waals surface area (Å²) in [5.41, 5.74) is 2.60. The highest BCUT2D eigenvalue weighted by Crippen LogP contribution is 2.25. The molecule has 0 aliphatic rings. The van der Waals surface area contributed by atoms with Crippen LogP contribution in [0.25, 0.3) is 0 Å². The second kappa shape index (κ2) is 6.66. The van der Waals surface area contributed by atoms with Crippen molar-refractivity contribution in [3.63, 3.8) is 0 Å². The summed E-state index contributed by atoms with van der Waals surface area (Å²) >= 11 is 3.63. The minimum Gasteiger partial charge on any atom is -0.310 e. The van der Waals surface area contributed by atoms with E-state index in [-0.39, 0.29) is 0 Å². The van der Waals surface area contributed by atoms with Crippen molar-refractivity contribution >= 4 is 15.9 Å². The summed E-state index contributed by atoms with van der Waals surface area (Å²) in [6.45, 7) is 3.09. The first kappa shape index (κ1) is 13.2. The smallest absolute Gasteiger partial charge is 0.0372 e. The summed E-state index contributed by atoms with van der Waals surface area (Å²) in [6.07, 6.45) is 4.66. The van der Waals surface area contributed by atoms with E-state index < -0.39 is 0 Å². The third-order valence-corrected chi connectivity index (χ3v) is 3.64. The van der Waals surface area contributed by atoms with Gasteiger partial charge in [-0.1, -0.05) is 41.1 Å². The van der Waals surface area contributed by atoms with Gasteiger partial charge in [-0.2, -0.15) is 0 Å². The molecule has 1 atom stereocenters.